The van der Waals surface area contributed by atoms with Crippen molar-refractivity contribution in [2.75, 3.05) is 26.2 Å². The summed E-state index contributed by atoms with van der Waals surface area (Å²) in [5.41, 5.74) is 2.55. The van der Waals surface area contributed by atoms with E-state index >= 15 is 0 Å². The van der Waals surface area contributed by atoms with E-state index in [1.165, 1.54) is 5.56 Å². The minimum Gasteiger partial charge on any atom is -0.354 e. The second kappa shape index (κ2) is 9.55. The number of rotatable bonds is 5. The molecule has 6 nitrogen and oxygen atoms in total. The van der Waals surface area contributed by atoms with Gasteiger partial charge in [0.15, 0.2) is 0 Å². The van der Waals surface area contributed by atoms with Crippen molar-refractivity contribution in [3.8, 4) is 0 Å². The summed E-state index contributed by atoms with van der Waals surface area (Å²) in [5.74, 6) is 1.49. The number of amides is 1. The number of amidine groups is 1. The summed E-state index contributed by atoms with van der Waals surface area (Å²) in [6.07, 6.45) is 2.36. The fraction of sp³-hybridized carbons (Fsp3) is 0.583. The molecule has 31 heavy (non-hydrogen) atoms. The van der Waals surface area contributed by atoms with Crippen LogP contribution in [0.5, 0.6) is 0 Å². The molecule has 7 heteroatoms. The fourth-order valence-corrected chi connectivity index (χ4v) is 5.64. The Hall–Kier alpha value is -2.15. The highest BCUT2D eigenvalue weighted by Gasteiger charge is 2.34. The minimum absolute atomic E-state index is 0.190. The Balaban J connectivity index is 1.79. The molecule has 0 N–H and O–H groups in total. The lowest BCUT2D eigenvalue weighted by Gasteiger charge is -2.24. The quantitative estimate of drug-likeness (QED) is 0.679. The van der Waals surface area contributed by atoms with Crippen LogP contribution in [0, 0.1) is 5.92 Å². The first kappa shape index (κ1) is 23.5. The van der Waals surface area contributed by atoms with Crippen LogP contribution >= 0.6 is 0 Å². The molecule has 170 valence electrons. The molecule has 0 aromatic heterocycles. The predicted molar refractivity (Wildman–Crippen MR) is 126 cm³/mol. The van der Waals surface area contributed by atoms with Crippen LogP contribution in [0.1, 0.15) is 70.9 Å². The molecule has 0 aliphatic carbocycles. The van der Waals surface area contributed by atoms with Crippen molar-refractivity contribution in [1.82, 2.24) is 9.80 Å². The molecule has 1 fully saturated rings. The number of sulfonamides is 1. The summed E-state index contributed by atoms with van der Waals surface area (Å²) in [6, 6.07) is 7.73. The van der Waals surface area contributed by atoms with E-state index in [9.17, 15) is 13.2 Å². The van der Waals surface area contributed by atoms with Crippen LogP contribution in [0.25, 0.3) is 4.91 Å². The van der Waals surface area contributed by atoms with Gasteiger partial charge in [0, 0.05) is 38.2 Å². The third-order valence-electron chi connectivity index (χ3n) is 6.35. The highest BCUT2D eigenvalue weighted by atomic mass is 32.2. The molecule has 2 aliphatic heterocycles. The number of hydrogen-bond acceptors (Lipinski definition) is 4. The largest absolute Gasteiger partial charge is 0.354 e. The summed E-state index contributed by atoms with van der Waals surface area (Å²) in [6.45, 7) is 12.9. The van der Waals surface area contributed by atoms with Crippen LogP contribution in [-0.2, 0) is 14.8 Å². The van der Waals surface area contributed by atoms with Gasteiger partial charge < -0.3 is 9.80 Å². The lowest BCUT2D eigenvalue weighted by molar-refractivity contribution is -0.131. The van der Waals surface area contributed by atoms with Crippen LogP contribution in [0.4, 0.5) is 0 Å². The van der Waals surface area contributed by atoms with E-state index in [1.807, 2.05) is 41.0 Å². The molecular weight excluding hydrogens is 410 g/mol. The van der Waals surface area contributed by atoms with Gasteiger partial charge in [-0.25, -0.2) is 0 Å². The molecule has 1 unspecified atom stereocenters. The van der Waals surface area contributed by atoms with E-state index in [0.717, 1.165) is 12.8 Å². The SMILES string of the molecule is CCC(C)CC(=O)N1CCCN(C2=NS(=O)(=O)C(c3ccc(C(C)C)cc3)=C2C)CC1. The van der Waals surface area contributed by atoms with Crippen molar-refractivity contribution in [3.05, 3.63) is 41.0 Å². The molecule has 1 atom stereocenters. The normalized spacial score (nSPS) is 20.1. The van der Waals surface area contributed by atoms with E-state index in [0.29, 0.717) is 66.3 Å². The maximum Gasteiger partial charge on any atom is 0.285 e. The zero-order valence-electron chi connectivity index (χ0n) is 19.4. The van der Waals surface area contributed by atoms with Gasteiger partial charge in [-0.2, -0.15) is 8.42 Å². The standard InChI is InChI=1S/C24H35N3O3S/c1-6-18(4)16-22(28)26-12-7-13-27(15-14-26)24-19(5)23(31(29,30)25-24)21-10-8-20(9-11-21)17(2)3/h8-11,17-18H,6-7,12-16H2,1-5H3. The van der Waals surface area contributed by atoms with Gasteiger partial charge in [0.2, 0.25) is 5.91 Å². The Morgan fingerprint density at radius 3 is 2.35 bits per heavy atom. The molecule has 2 aliphatic rings. The van der Waals surface area contributed by atoms with Crippen molar-refractivity contribution in [1.29, 1.82) is 0 Å². The molecule has 0 bridgehead atoms. The molecule has 3 rings (SSSR count). The summed E-state index contributed by atoms with van der Waals surface area (Å²) < 4.78 is 30.0. The number of nitrogens with zero attached hydrogens (tertiary/aromatic N) is 3. The van der Waals surface area contributed by atoms with E-state index in [1.54, 1.807) is 0 Å². The Morgan fingerprint density at radius 2 is 1.74 bits per heavy atom. The molecule has 0 saturated carbocycles. The van der Waals surface area contributed by atoms with E-state index in [-0.39, 0.29) is 5.91 Å². The molecule has 1 aromatic carbocycles. The topological polar surface area (TPSA) is 70.1 Å². The summed E-state index contributed by atoms with van der Waals surface area (Å²) in [7, 11) is -3.74. The van der Waals surface area contributed by atoms with Gasteiger partial charge in [-0.3, -0.25) is 4.79 Å². The Labute approximate surface area is 187 Å². The number of benzene rings is 1. The lowest BCUT2D eigenvalue weighted by Crippen LogP contribution is -2.37. The highest BCUT2D eigenvalue weighted by Crippen LogP contribution is 2.34. The highest BCUT2D eigenvalue weighted by molar-refractivity contribution is 8.00. The Morgan fingerprint density at radius 1 is 1.06 bits per heavy atom. The first-order valence-electron chi connectivity index (χ1n) is 11.3. The van der Waals surface area contributed by atoms with Crippen molar-refractivity contribution in [2.45, 2.75) is 59.8 Å². The third-order valence-corrected chi connectivity index (χ3v) is 7.82. The summed E-state index contributed by atoms with van der Waals surface area (Å²) in [4.78, 5) is 16.8. The monoisotopic (exact) mass is 445 g/mol. The molecule has 1 saturated heterocycles. The zero-order valence-corrected chi connectivity index (χ0v) is 20.2. The van der Waals surface area contributed by atoms with Crippen molar-refractivity contribution in [3.63, 3.8) is 0 Å². The average Bonchev–Trinajstić information content (AvgIpc) is 2.88. The average molecular weight is 446 g/mol. The lowest BCUT2D eigenvalue weighted by atomic mass is 10.0. The maximum atomic E-state index is 12.9. The molecular formula is C24H35N3O3S. The first-order valence-corrected chi connectivity index (χ1v) is 12.8. The van der Waals surface area contributed by atoms with Crippen LogP contribution in [0.15, 0.2) is 34.2 Å². The van der Waals surface area contributed by atoms with Crippen molar-refractivity contribution < 1.29 is 13.2 Å². The first-order chi connectivity index (χ1) is 14.6. The summed E-state index contributed by atoms with van der Waals surface area (Å²) >= 11 is 0. The van der Waals surface area contributed by atoms with Crippen molar-refractivity contribution >= 4 is 26.7 Å². The van der Waals surface area contributed by atoms with Gasteiger partial charge in [-0.15, -0.1) is 4.40 Å². The minimum atomic E-state index is -3.74. The van der Waals surface area contributed by atoms with Crippen molar-refractivity contribution in [2.24, 2.45) is 10.3 Å². The Kier molecular flexibility index (Phi) is 7.24. The molecule has 1 aromatic rings. The molecule has 1 amide bonds. The Bertz CT molecular complexity index is 978. The third kappa shape index (κ3) is 5.20. The van der Waals surface area contributed by atoms with E-state index < -0.39 is 10.0 Å². The molecule has 2 heterocycles. The molecule has 0 radical (unpaired) electrons. The van der Waals surface area contributed by atoms with Gasteiger partial charge >= 0.3 is 0 Å². The van der Waals surface area contributed by atoms with E-state index in [2.05, 4.69) is 32.1 Å². The van der Waals surface area contributed by atoms with Gasteiger partial charge in [0.05, 0.1) is 0 Å². The van der Waals surface area contributed by atoms with Gasteiger partial charge in [0.1, 0.15) is 10.7 Å². The van der Waals surface area contributed by atoms with Crippen LogP contribution in [-0.4, -0.2) is 56.1 Å². The molecule has 0 spiro atoms. The van der Waals surface area contributed by atoms with Gasteiger partial charge in [-0.05, 0) is 36.3 Å². The van der Waals surface area contributed by atoms with Crippen LogP contribution in [0.3, 0.4) is 0 Å². The fourth-order valence-electron chi connectivity index (χ4n) is 4.15. The number of carbonyl (C=O) groups excluding carboxylic acids is 1. The van der Waals surface area contributed by atoms with Gasteiger partial charge in [0.25, 0.3) is 10.0 Å². The van der Waals surface area contributed by atoms with E-state index in [4.69, 9.17) is 0 Å². The number of carbonyl (C=O) groups is 1. The van der Waals surface area contributed by atoms with Crippen LogP contribution < -0.4 is 0 Å². The van der Waals surface area contributed by atoms with Crippen LogP contribution in [0.2, 0.25) is 0 Å². The van der Waals surface area contributed by atoms with Gasteiger partial charge in [-0.1, -0.05) is 58.4 Å². The maximum absolute atomic E-state index is 12.9. The smallest absolute Gasteiger partial charge is 0.285 e. The second-order valence-electron chi connectivity index (χ2n) is 9.06. The number of hydrogen-bond donors (Lipinski definition) is 0. The second-order valence-corrected chi connectivity index (χ2v) is 10.6. The zero-order chi connectivity index (χ0) is 22.8. The summed E-state index contributed by atoms with van der Waals surface area (Å²) in [5, 5.41) is 0. The predicted octanol–water partition coefficient (Wildman–Crippen LogP) is 4.25.